The predicted octanol–water partition coefficient (Wildman–Crippen LogP) is 3.03. The van der Waals surface area contributed by atoms with Gasteiger partial charge in [0.1, 0.15) is 23.5 Å². The summed E-state index contributed by atoms with van der Waals surface area (Å²) >= 11 is 0. The first-order valence-corrected chi connectivity index (χ1v) is 7.53. The summed E-state index contributed by atoms with van der Waals surface area (Å²) in [4.78, 5) is 25.7. The molecule has 1 heterocycles. The molecule has 5 nitrogen and oxygen atoms in total. The molecule has 130 valence electrons. The van der Waals surface area contributed by atoms with E-state index in [1.165, 1.54) is 29.2 Å². The second kappa shape index (κ2) is 6.84. The Labute approximate surface area is 141 Å². The molecule has 3 amide bonds. The van der Waals surface area contributed by atoms with Gasteiger partial charge in [0.15, 0.2) is 0 Å². The van der Waals surface area contributed by atoms with Crippen LogP contribution in [0.4, 0.5) is 29.3 Å². The fourth-order valence-corrected chi connectivity index (χ4v) is 2.60. The number of anilines is 2. The maximum absolute atomic E-state index is 13.5. The lowest BCUT2D eigenvalue weighted by Crippen LogP contribution is -2.43. The molecule has 25 heavy (non-hydrogen) atoms. The SMILES string of the molecule is O=C(Nc1ccc(F)cc1F)N[C@H]1CCN(c2ccc(F)cc2)C1=O. The van der Waals surface area contributed by atoms with Crippen LogP contribution in [0.25, 0.3) is 0 Å². The Morgan fingerprint density at radius 3 is 2.40 bits per heavy atom. The van der Waals surface area contributed by atoms with Gasteiger partial charge in [-0.15, -0.1) is 0 Å². The number of amides is 3. The molecule has 3 rings (SSSR count). The number of carbonyl (C=O) groups excluding carboxylic acids is 2. The first kappa shape index (κ1) is 16.8. The largest absolute Gasteiger partial charge is 0.326 e. The summed E-state index contributed by atoms with van der Waals surface area (Å²) in [6.45, 7) is 0.361. The second-order valence-electron chi connectivity index (χ2n) is 5.53. The number of hydrogen-bond acceptors (Lipinski definition) is 2. The van der Waals surface area contributed by atoms with Crippen molar-refractivity contribution in [3.63, 3.8) is 0 Å². The van der Waals surface area contributed by atoms with Gasteiger partial charge in [0.05, 0.1) is 5.69 Å². The van der Waals surface area contributed by atoms with E-state index in [0.717, 1.165) is 12.1 Å². The van der Waals surface area contributed by atoms with Gasteiger partial charge in [-0.3, -0.25) is 4.79 Å². The summed E-state index contributed by atoms with van der Waals surface area (Å²) in [5.74, 6) is -2.43. The van der Waals surface area contributed by atoms with Crippen molar-refractivity contribution in [2.24, 2.45) is 0 Å². The van der Waals surface area contributed by atoms with Gasteiger partial charge in [-0.25, -0.2) is 18.0 Å². The lowest BCUT2D eigenvalue weighted by atomic mass is 10.2. The molecule has 1 saturated heterocycles. The number of carbonyl (C=O) groups is 2. The van der Waals surface area contributed by atoms with Gasteiger partial charge < -0.3 is 15.5 Å². The van der Waals surface area contributed by atoms with E-state index in [1.54, 1.807) is 0 Å². The van der Waals surface area contributed by atoms with E-state index in [9.17, 15) is 22.8 Å². The average Bonchev–Trinajstić information content (AvgIpc) is 2.92. The third-order valence-corrected chi connectivity index (χ3v) is 3.83. The van der Waals surface area contributed by atoms with Crippen LogP contribution in [0.2, 0.25) is 0 Å². The highest BCUT2D eigenvalue weighted by Gasteiger charge is 2.33. The summed E-state index contributed by atoms with van der Waals surface area (Å²) in [5.41, 5.74) is 0.334. The van der Waals surface area contributed by atoms with Gasteiger partial charge >= 0.3 is 6.03 Å². The number of nitrogens with one attached hydrogen (secondary N) is 2. The van der Waals surface area contributed by atoms with Gasteiger partial charge in [0, 0.05) is 18.3 Å². The van der Waals surface area contributed by atoms with Crippen molar-refractivity contribution >= 4 is 23.3 Å². The van der Waals surface area contributed by atoms with Gasteiger partial charge in [-0.1, -0.05) is 0 Å². The van der Waals surface area contributed by atoms with Crippen LogP contribution in [0, 0.1) is 17.5 Å². The quantitative estimate of drug-likeness (QED) is 0.895. The normalized spacial score (nSPS) is 16.8. The van der Waals surface area contributed by atoms with Crippen molar-refractivity contribution in [1.82, 2.24) is 5.32 Å². The second-order valence-corrected chi connectivity index (χ2v) is 5.53. The van der Waals surface area contributed by atoms with Gasteiger partial charge in [0.25, 0.3) is 0 Å². The Morgan fingerprint density at radius 1 is 1.04 bits per heavy atom. The lowest BCUT2D eigenvalue weighted by molar-refractivity contribution is -0.118. The van der Waals surface area contributed by atoms with Crippen LogP contribution < -0.4 is 15.5 Å². The molecule has 0 aliphatic carbocycles. The van der Waals surface area contributed by atoms with Crippen LogP contribution in [-0.4, -0.2) is 24.5 Å². The molecule has 1 aliphatic heterocycles. The average molecular weight is 349 g/mol. The zero-order valence-electron chi connectivity index (χ0n) is 12.9. The highest BCUT2D eigenvalue weighted by atomic mass is 19.1. The van der Waals surface area contributed by atoms with Crippen LogP contribution in [-0.2, 0) is 4.79 Å². The van der Waals surface area contributed by atoms with Gasteiger partial charge in [0.2, 0.25) is 5.91 Å². The molecule has 1 aliphatic rings. The van der Waals surface area contributed by atoms with Crippen molar-refractivity contribution in [3.05, 3.63) is 59.9 Å². The Morgan fingerprint density at radius 2 is 1.72 bits per heavy atom. The first-order chi connectivity index (χ1) is 11.9. The van der Waals surface area contributed by atoms with Crippen molar-refractivity contribution in [1.29, 1.82) is 0 Å². The zero-order chi connectivity index (χ0) is 18.0. The Balaban J connectivity index is 1.62. The maximum atomic E-state index is 13.5. The summed E-state index contributed by atoms with van der Waals surface area (Å²) in [6, 6.07) is 6.63. The highest BCUT2D eigenvalue weighted by molar-refractivity contribution is 6.02. The highest BCUT2D eigenvalue weighted by Crippen LogP contribution is 2.22. The molecule has 0 spiro atoms. The summed E-state index contributed by atoms with van der Waals surface area (Å²) in [5, 5.41) is 4.69. The molecule has 0 radical (unpaired) electrons. The van der Waals surface area contributed by atoms with E-state index < -0.39 is 29.5 Å². The number of urea groups is 1. The molecule has 2 aromatic rings. The van der Waals surface area contributed by atoms with E-state index in [-0.39, 0.29) is 11.6 Å². The Hall–Kier alpha value is -3.03. The summed E-state index contributed by atoms with van der Waals surface area (Å²) in [7, 11) is 0. The fraction of sp³-hybridized carbons (Fsp3) is 0.176. The van der Waals surface area contributed by atoms with Crippen LogP contribution in [0.3, 0.4) is 0 Å². The lowest BCUT2D eigenvalue weighted by Gasteiger charge is -2.17. The van der Waals surface area contributed by atoms with Crippen molar-refractivity contribution in [2.45, 2.75) is 12.5 Å². The monoisotopic (exact) mass is 349 g/mol. The standard InChI is InChI=1S/C17H14F3N3O2/c18-10-1-4-12(5-2-10)23-8-7-15(16(23)24)22-17(25)21-14-6-3-11(19)9-13(14)20/h1-6,9,15H,7-8H2,(H2,21,22,25)/t15-/m0/s1. The third kappa shape index (κ3) is 3.73. The van der Waals surface area contributed by atoms with Gasteiger partial charge in [-0.2, -0.15) is 0 Å². The molecule has 1 atom stereocenters. The first-order valence-electron chi connectivity index (χ1n) is 7.53. The van der Waals surface area contributed by atoms with Crippen LogP contribution in [0.15, 0.2) is 42.5 Å². The van der Waals surface area contributed by atoms with Crippen LogP contribution in [0.1, 0.15) is 6.42 Å². The van der Waals surface area contributed by atoms with E-state index in [0.29, 0.717) is 24.7 Å². The number of halogens is 3. The van der Waals surface area contributed by atoms with Gasteiger partial charge in [-0.05, 0) is 42.8 Å². The number of nitrogens with zero attached hydrogens (tertiary/aromatic N) is 1. The molecular weight excluding hydrogens is 335 g/mol. The Kier molecular flexibility index (Phi) is 4.60. The number of rotatable bonds is 3. The molecule has 0 saturated carbocycles. The van der Waals surface area contributed by atoms with Crippen molar-refractivity contribution in [3.8, 4) is 0 Å². The minimum atomic E-state index is -0.916. The topological polar surface area (TPSA) is 61.4 Å². The van der Waals surface area contributed by atoms with Crippen LogP contribution in [0.5, 0.6) is 0 Å². The molecular formula is C17H14F3N3O2. The predicted molar refractivity (Wildman–Crippen MR) is 85.7 cm³/mol. The molecule has 0 unspecified atom stereocenters. The van der Waals surface area contributed by atoms with E-state index in [2.05, 4.69) is 10.6 Å². The third-order valence-electron chi connectivity index (χ3n) is 3.83. The summed E-state index contributed by atoms with van der Waals surface area (Å²) in [6.07, 6.45) is 0.357. The molecule has 8 heteroatoms. The summed E-state index contributed by atoms with van der Waals surface area (Å²) < 4.78 is 39.3. The van der Waals surface area contributed by atoms with Crippen LogP contribution >= 0.6 is 0 Å². The minimum Gasteiger partial charge on any atom is -0.326 e. The van der Waals surface area contributed by atoms with Crippen molar-refractivity contribution < 1.29 is 22.8 Å². The molecule has 2 N–H and O–H groups in total. The fourth-order valence-electron chi connectivity index (χ4n) is 2.60. The van der Waals surface area contributed by atoms with E-state index in [4.69, 9.17) is 0 Å². The van der Waals surface area contributed by atoms with Crippen molar-refractivity contribution in [2.75, 3.05) is 16.8 Å². The molecule has 2 aromatic carbocycles. The maximum Gasteiger partial charge on any atom is 0.319 e. The smallest absolute Gasteiger partial charge is 0.319 e. The zero-order valence-corrected chi connectivity index (χ0v) is 12.9. The Bertz CT molecular complexity index is 811. The molecule has 1 fully saturated rings. The van der Waals surface area contributed by atoms with E-state index in [1.807, 2.05) is 0 Å². The number of benzene rings is 2. The molecule has 0 bridgehead atoms. The number of hydrogen-bond donors (Lipinski definition) is 2. The van der Waals surface area contributed by atoms with E-state index >= 15 is 0 Å². The minimum absolute atomic E-state index is 0.195. The molecule has 0 aromatic heterocycles.